The lowest BCUT2D eigenvalue weighted by Crippen LogP contribution is -2.34. The minimum atomic E-state index is -0.587. The summed E-state index contributed by atoms with van der Waals surface area (Å²) in [6.45, 7) is 0. The van der Waals surface area contributed by atoms with Gasteiger partial charge in [-0.3, -0.25) is 0 Å². The maximum absolute atomic E-state index is 6.76. The fraction of sp³-hybridized carbons (Fsp3) is 0.0400. The second kappa shape index (κ2) is 11.6. The predicted octanol–water partition coefficient (Wildman–Crippen LogP) is 12.2. The van der Waals surface area contributed by atoms with E-state index in [9.17, 15) is 0 Å². The normalized spacial score (nSPS) is 14.4. The highest BCUT2D eigenvalue weighted by Crippen LogP contribution is 2.60. The lowest BCUT2D eigenvalue weighted by atomic mass is 9.63. The molecule has 0 saturated heterocycles. The molecule has 0 amide bonds. The summed E-state index contributed by atoms with van der Waals surface area (Å²) in [4.78, 5) is 0. The largest absolute Gasteiger partial charge is 0.457 e. The topological polar surface area (TPSA) is 9.23 Å². The molecule has 0 fully saturated rings. The highest BCUT2D eigenvalue weighted by molar-refractivity contribution is 5.96. The van der Waals surface area contributed by atoms with E-state index in [1.807, 2.05) is 0 Å². The van der Waals surface area contributed by atoms with E-state index < -0.39 is 10.8 Å². The number of hydrogen-bond acceptors (Lipinski definition) is 1. The van der Waals surface area contributed by atoms with Gasteiger partial charge < -0.3 is 4.74 Å². The fourth-order valence-corrected chi connectivity index (χ4v) is 9.11. The van der Waals surface area contributed by atoms with Crippen molar-refractivity contribution in [3.8, 4) is 33.8 Å². The van der Waals surface area contributed by atoms with Gasteiger partial charge in [0.1, 0.15) is 11.5 Å². The van der Waals surface area contributed by atoms with Gasteiger partial charge in [-0.2, -0.15) is 0 Å². The zero-order valence-corrected chi connectivity index (χ0v) is 28.0. The Morgan fingerprint density at radius 1 is 0.294 bits per heavy atom. The molecule has 0 unspecified atom stereocenters. The monoisotopic (exact) mass is 650 g/mol. The molecule has 10 rings (SSSR count). The van der Waals surface area contributed by atoms with Crippen molar-refractivity contribution < 1.29 is 4.74 Å². The molecule has 51 heavy (non-hydrogen) atoms. The Labute approximate surface area is 299 Å². The van der Waals surface area contributed by atoms with Gasteiger partial charge in [0, 0.05) is 11.1 Å². The molecule has 0 bridgehead atoms. The summed E-state index contributed by atoms with van der Waals surface area (Å²) in [6.07, 6.45) is 0. The van der Waals surface area contributed by atoms with Crippen molar-refractivity contribution in [2.45, 2.75) is 10.8 Å². The number of fused-ring (bicyclic) bond motifs is 5. The van der Waals surface area contributed by atoms with Gasteiger partial charge in [-0.1, -0.05) is 188 Å². The third kappa shape index (κ3) is 4.16. The Morgan fingerprint density at radius 3 is 1.31 bits per heavy atom. The summed E-state index contributed by atoms with van der Waals surface area (Å²) in [5, 5.41) is 0. The van der Waals surface area contributed by atoms with Crippen LogP contribution in [0, 0.1) is 0 Å². The van der Waals surface area contributed by atoms with Crippen molar-refractivity contribution in [2.24, 2.45) is 0 Å². The Hall–Kier alpha value is -6.44. The summed E-state index contributed by atoms with van der Waals surface area (Å²) in [6, 6.07) is 75.1. The molecule has 0 saturated carbocycles. The van der Waals surface area contributed by atoms with Crippen LogP contribution in [0.4, 0.5) is 0 Å². The molecule has 2 aliphatic rings. The first-order valence-corrected chi connectivity index (χ1v) is 17.7. The first-order valence-electron chi connectivity index (χ1n) is 17.7. The number of ether oxygens (including phenoxy) is 1. The first kappa shape index (κ1) is 29.5. The van der Waals surface area contributed by atoms with Gasteiger partial charge in [0.05, 0.1) is 10.8 Å². The van der Waals surface area contributed by atoms with Crippen LogP contribution in [0.3, 0.4) is 0 Å². The lowest BCUT2D eigenvalue weighted by Gasteiger charge is -2.41. The summed E-state index contributed by atoms with van der Waals surface area (Å²) >= 11 is 0. The Kier molecular flexibility index (Phi) is 6.69. The van der Waals surface area contributed by atoms with Crippen molar-refractivity contribution in [3.63, 3.8) is 0 Å². The van der Waals surface area contributed by atoms with Crippen molar-refractivity contribution >= 4 is 0 Å². The third-order valence-electron chi connectivity index (χ3n) is 11.1. The molecular formula is C50H34O. The zero-order valence-electron chi connectivity index (χ0n) is 28.0. The molecule has 1 aliphatic carbocycles. The van der Waals surface area contributed by atoms with E-state index in [0.29, 0.717) is 0 Å². The van der Waals surface area contributed by atoms with Crippen LogP contribution < -0.4 is 4.74 Å². The van der Waals surface area contributed by atoms with Crippen LogP contribution >= 0.6 is 0 Å². The number of hydrogen-bond donors (Lipinski definition) is 0. The van der Waals surface area contributed by atoms with E-state index in [1.54, 1.807) is 0 Å². The number of para-hydroxylation sites is 1. The summed E-state index contributed by atoms with van der Waals surface area (Å²) < 4.78 is 6.76. The van der Waals surface area contributed by atoms with Crippen LogP contribution in [0.25, 0.3) is 22.3 Å². The standard InChI is InChI=1S/C50H34O/c1-5-18-36(19-6-1)49(37-20-7-2-8-21-37)42-28-14-13-26-41(42)48-40(27-17-30-44(48)49)35-32-33-47-45(34-35)50(38-22-9-3-10-23-38,39-24-11-4-12-25-39)43-29-15-16-31-46(43)51-47/h1-34H. The second-order valence-corrected chi connectivity index (χ2v) is 13.5. The fourth-order valence-electron chi connectivity index (χ4n) is 9.11. The maximum Gasteiger partial charge on any atom is 0.132 e. The van der Waals surface area contributed by atoms with E-state index in [1.165, 1.54) is 50.1 Å². The highest BCUT2D eigenvalue weighted by Gasteiger charge is 2.48. The molecular weight excluding hydrogens is 617 g/mol. The maximum atomic E-state index is 6.76. The quantitative estimate of drug-likeness (QED) is 0.180. The lowest BCUT2D eigenvalue weighted by molar-refractivity contribution is 0.434. The molecule has 0 aromatic heterocycles. The molecule has 0 atom stereocenters. The molecule has 1 heterocycles. The van der Waals surface area contributed by atoms with Gasteiger partial charge in [-0.05, 0) is 73.8 Å². The molecule has 0 N–H and O–H groups in total. The van der Waals surface area contributed by atoms with Gasteiger partial charge in [0.25, 0.3) is 0 Å². The van der Waals surface area contributed by atoms with Crippen molar-refractivity contribution in [1.29, 1.82) is 0 Å². The van der Waals surface area contributed by atoms with Crippen molar-refractivity contribution in [3.05, 3.63) is 251 Å². The Balaban J connectivity index is 1.28. The van der Waals surface area contributed by atoms with Crippen LogP contribution in [0.5, 0.6) is 11.5 Å². The van der Waals surface area contributed by atoms with Crippen molar-refractivity contribution in [1.82, 2.24) is 0 Å². The second-order valence-electron chi connectivity index (χ2n) is 13.5. The van der Waals surface area contributed by atoms with E-state index in [2.05, 4.69) is 206 Å². The van der Waals surface area contributed by atoms with Crippen LogP contribution in [-0.4, -0.2) is 0 Å². The Bertz CT molecular complexity index is 2460. The summed E-state index contributed by atoms with van der Waals surface area (Å²) in [5.41, 5.74) is 13.7. The van der Waals surface area contributed by atoms with Crippen LogP contribution in [0.1, 0.15) is 44.5 Å². The van der Waals surface area contributed by atoms with E-state index in [4.69, 9.17) is 4.74 Å². The predicted molar refractivity (Wildman–Crippen MR) is 208 cm³/mol. The van der Waals surface area contributed by atoms with Crippen LogP contribution in [0.15, 0.2) is 206 Å². The van der Waals surface area contributed by atoms with Gasteiger partial charge in [0.2, 0.25) is 0 Å². The van der Waals surface area contributed by atoms with Gasteiger partial charge in [-0.15, -0.1) is 0 Å². The molecule has 0 radical (unpaired) electrons. The van der Waals surface area contributed by atoms with E-state index >= 15 is 0 Å². The van der Waals surface area contributed by atoms with E-state index in [-0.39, 0.29) is 0 Å². The molecule has 1 aliphatic heterocycles. The molecule has 0 spiro atoms. The highest BCUT2D eigenvalue weighted by atomic mass is 16.5. The zero-order chi connectivity index (χ0) is 33.8. The van der Waals surface area contributed by atoms with Gasteiger partial charge in [0.15, 0.2) is 0 Å². The minimum Gasteiger partial charge on any atom is -0.457 e. The molecule has 8 aromatic rings. The minimum absolute atomic E-state index is 0.460. The average Bonchev–Trinajstić information content (AvgIpc) is 3.52. The molecule has 1 nitrogen and oxygen atoms in total. The van der Waals surface area contributed by atoms with Crippen molar-refractivity contribution in [2.75, 3.05) is 0 Å². The smallest absolute Gasteiger partial charge is 0.132 e. The third-order valence-corrected chi connectivity index (χ3v) is 11.1. The van der Waals surface area contributed by atoms with Crippen LogP contribution in [-0.2, 0) is 10.8 Å². The summed E-state index contributed by atoms with van der Waals surface area (Å²) in [5.74, 6) is 1.76. The molecule has 240 valence electrons. The van der Waals surface area contributed by atoms with Crippen LogP contribution in [0.2, 0.25) is 0 Å². The van der Waals surface area contributed by atoms with E-state index in [0.717, 1.165) is 28.2 Å². The van der Waals surface area contributed by atoms with Gasteiger partial charge in [-0.25, -0.2) is 0 Å². The number of benzene rings is 8. The average molecular weight is 651 g/mol. The summed E-state index contributed by atoms with van der Waals surface area (Å²) in [7, 11) is 0. The number of rotatable bonds is 5. The SMILES string of the molecule is c1ccc(C2(c3ccccc3)c3ccccc3Oc3ccc(-c4cccc5c4-c4ccccc4C5(c4ccccc4)c4ccccc4)cc32)cc1. The Morgan fingerprint density at radius 2 is 0.725 bits per heavy atom. The molecule has 8 aromatic carbocycles. The molecule has 1 heteroatoms. The first-order chi connectivity index (χ1) is 25.3. The van der Waals surface area contributed by atoms with Gasteiger partial charge >= 0.3 is 0 Å².